The molecular formula is C23H21F2N5O2. The Morgan fingerprint density at radius 1 is 1.28 bits per heavy atom. The van der Waals surface area contributed by atoms with Crippen LogP contribution in [-0.2, 0) is 4.79 Å². The highest BCUT2D eigenvalue weighted by molar-refractivity contribution is 6.00. The van der Waals surface area contributed by atoms with Crippen molar-refractivity contribution in [3.63, 3.8) is 0 Å². The number of rotatable bonds is 5. The topological polar surface area (TPSA) is 92.4 Å². The summed E-state index contributed by atoms with van der Waals surface area (Å²) < 4.78 is 28.3. The number of aliphatic hydroxyl groups excluding tert-OH is 1. The Kier molecular flexibility index (Phi) is 4.67. The number of aliphatic hydroxyl groups is 1. The van der Waals surface area contributed by atoms with E-state index in [4.69, 9.17) is 0 Å². The largest absolute Gasteiger partial charge is 0.387 e. The molecule has 1 aliphatic rings. The minimum Gasteiger partial charge on any atom is -0.387 e. The van der Waals surface area contributed by atoms with Crippen LogP contribution in [-0.4, -0.2) is 36.3 Å². The average Bonchev–Trinajstić information content (AvgIpc) is 3.18. The molecule has 2 N–H and O–H groups in total. The maximum absolute atomic E-state index is 13.2. The van der Waals surface area contributed by atoms with Crippen molar-refractivity contribution in [1.82, 2.24) is 19.4 Å². The SMILES string of the molecule is CCC(O)c1cc(C)c(-c2cc3cnc(NC(=O)[C@H]4CC4(F)F)cc3c3nccn23)cn1. The molecule has 0 saturated heterocycles. The van der Waals surface area contributed by atoms with Gasteiger partial charge in [-0.2, -0.15) is 0 Å². The molecule has 0 bridgehead atoms. The van der Waals surface area contributed by atoms with Crippen LogP contribution in [0.5, 0.6) is 0 Å². The number of imidazole rings is 1. The molecule has 4 heterocycles. The lowest BCUT2D eigenvalue weighted by atomic mass is 10.0. The van der Waals surface area contributed by atoms with E-state index in [1.165, 1.54) is 0 Å². The smallest absolute Gasteiger partial charge is 0.260 e. The van der Waals surface area contributed by atoms with Crippen LogP contribution in [0.25, 0.3) is 27.7 Å². The summed E-state index contributed by atoms with van der Waals surface area (Å²) in [7, 11) is 0. The van der Waals surface area contributed by atoms with E-state index in [2.05, 4.69) is 20.3 Å². The van der Waals surface area contributed by atoms with Crippen molar-refractivity contribution < 1.29 is 18.7 Å². The van der Waals surface area contributed by atoms with Gasteiger partial charge in [0.25, 0.3) is 5.92 Å². The van der Waals surface area contributed by atoms with E-state index in [-0.39, 0.29) is 5.82 Å². The summed E-state index contributed by atoms with van der Waals surface area (Å²) in [4.78, 5) is 25.2. The summed E-state index contributed by atoms with van der Waals surface area (Å²) in [6.07, 6.45) is 6.36. The number of hydrogen-bond donors (Lipinski definition) is 2. The molecule has 4 aromatic rings. The zero-order valence-electron chi connectivity index (χ0n) is 17.5. The van der Waals surface area contributed by atoms with Gasteiger partial charge in [0.1, 0.15) is 17.4 Å². The fourth-order valence-corrected chi connectivity index (χ4v) is 3.91. The van der Waals surface area contributed by atoms with E-state index in [1.54, 1.807) is 24.7 Å². The third-order valence-corrected chi connectivity index (χ3v) is 5.90. The second kappa shape index (κ2) is 7.30. The molecule has 9 heteroatoms. The summed E-state index contributed by atoms with van der Waals surface area (Å²) in [6.45, 7) is 3.86. The normalized spacial score (nSPS) is 18.1. The highest BCUT2D eigenvalue weighted by Gasteiger charge is 2.61. The van der Waals surface area contributed by atoms with Crippen LogP contribution in [0.3, 0.4) is 0 Å². The van der Waals surface area contributed by atoms with E-state index in [1.807, 2.05) is 36.6 Å². The molecule has 0 aromatic carbocycles. The molecule has 0 spiro atoms. The van der Waals surface area contributed by atoms with Gasteiger partial charge in [-0.15, -0.1) is 0 Å². The number of aromatic nitrogens is 4. The molecule has 1 fully saturated rings. The number of hydrogen-bond acceptors (Lipinski definition) is 5. The van der Waals surface area contributed by atoms with Gasteiger partial charge in [-0.25, -0.2) is 18.7 Å². The van der Waals surface area contributed by atoms with E-state index in [9.17, 15) is 18.7 Å². The van der Waals surface area contributed by atoms with Gasteiger partial charge in [0.05, 0.1) is 17.5 Å². The maximum Gasteiger partial charge on any atom is 0.260 e. The van der Waals surface area contributed by atoms with Crippen molar-refractivity contribution >= 4 is 28.1 Å². The first kappa shape index (κ1) is 20.4. The molecule has 7 nitrogen and oxygen atoms in total. The van der Waals surface area contributed by atoms with Gasteiger partial charge >= 0.3 is 0 Å². The fraction of sp³-hybridized carbons (Fsp3) is 0.304. The third-order valence-electron chi connectivity index (χ3n) is 5.90. The minimum absolute atomic E-state index is 0.207. The van der Waals surface area contributed by atoms with E-state index < -0.39 is 30.3 Å². The Morgan fingerprint density at radius 3 is 2.75 bits per heavy atom. The first-order valence-electron chi connectivity index (χ1n) is 10.4. The van der Waals surface area contributed by atoms with Crippen LogP contribution >= 0.6 is 0 Å². The first-order valence-corrected chi connectivity index (χ1v) is 10.4. The number of carbonyl (C=O) groups excluding carboxylic acids is 1. The maximum atomic E-state index is 13.2. The van der Waals surface area contributed by atoms with Gasteiger partial charge in [0.15, 0.2) is 0 Å². The number of anilines is 1. The van der Waals surface area contributed by atoms with Gasteiger partial charge in [-0.1, -0.05) is 6.92 Å². The van der Waals surface area contributed by atoms with Gasteiger partial charge in [-0.3, -0.25) is 14.2 Å². The van der Waals surface area contributed by atoms with Crippen molar-refractivity contribution in [2.24, 2.45) is 5.92 Å². The number of aryl methyl sites for hydroxylation is 1. The molecule has 1 aliphatic carbocycles. The quantitative estimate of drug-likeness (QED) is 0.486. The highest BCUT2D eigenvalue weighted by Crippen LogP contribution is 2.49. The van der Waals surface area contributed by atoms with Crippen molar-refractivity contribution in [1.29, 1.82) is 0 Å². The van der Waals surface area contributed by atoms with Crippen molar-refractivity contribution in [3.05, 3.63) is 54.2 Å². The van der Waals surface area contributed by atoms with Gasteiger partial charge in [0.2, 0.25) is 5.91 Å². The Labute approximate surface area is 182 Å². The summed E-state index contributed by atoms with van der Waals surface area (Å²) in [5.41, 5.74) is 3.96. The molecular weight excluding hydrogens is 416 g/mol. The van der Waals surface area contributed by atoms with Gasteiger partial charge < -0.3 is 10.4 Å². The van der Waals surface area contributed by atoms with Crippen LogP contribution in [0, 0.1) is 12.8 Å². The van der Waals surface area contributed by atoms with E-state index in [0.717, 1.165) is 27.6 Å². The van der Waals surface area contributed by atoms with Crippen LogP contribution in [0.2, 0.25) is 0 Å². The summed E-state index contributed by atoms with van der Waals surface area (Å²) >= 11 is 0. The Balaban J connectivity index is 1.56. The van der Waals surface area contributed by atoms with Crippen LogP contribution in [0.15, 0.2) is 43.0 Å². The number of fused-ring (bicyclic) bond motifs is 3. The lowest BCUT2D eigenvalue weighted by molar-refractivity contribution is -0.119. The minimum atomic E-state index is -2.93. The van der Waals surface area contributed by atoms with Crippen molar-refractivity contribution in [2.75, 3.05) is 5.32 Å². The molecule has 1 amide bonds. The zero-order valence-corrected chi connectivity index (χ0v) is 17.5. The van der Waals surface area contributed by atoms with Gasteiger partial charge in [-0.05, 0) is 37.1 Å². The number of carbonyl (C=O) groups is 1. The third kappa shape index (κ3) is 3.38. The average molecular weight is 437 g/mol. The number of halogens is 2. The second-order valence-corrected chi connectivity index (χ2v) is 8.16. The molecule has 4 aromatic heterocycles. The van der Waals surface area contributed by atoms with Crippen LogP contribution < -0.4 is 5.32 Å². The van der Waals surface area contributed by atoms with Gasteiger partial charge in [0, 0.05) is 47.5 Å². The van der Waals surface area contributed by atoms with Crippen LogP contribution in [0.1, 0.15) is 37.1 Å². The van der Waals surface area contributed by atoms with E-state index in [0.29, 0.717) is 17.8 Å². The monoisotopic (exact) mass is 437 g/mol. The molecule has 0 radical (unpaired) electrons. The second-order valence-electron chi connectivity index (χ2n) is 8.16. The lowest BCUT2D eigenvalue weighted by Crippen LogP contribution is -2.18. The molecule has 0 aliphatic heterocycles. The molecule has 1 saturated carbocycles. The fourth-order valence-electron chi connectivity index (χ4n) is 3.91. The zero-order chi connectivity index (χ0) is 22.6. The molecule has 2 atom stereocenters. The Bertz CT molecular complexity index is 1370. The number of nitrogens with zero attached hydrogens (tertiary/aromatic N) is 4. The predicted molar refractivity (Wildman–Crippen MR) is 115 cm³/mol. The molecule has 1 unspecified atom stereocenters. The first-order chi connectivity index (χ1) is 15.3. The molecule has 5 rings (SSSR count). The summed E-state index contributed by atoms with van der Waals surface area (Å²) in [5.74, 6) is -4.74. The number of pyridine rings is 3. The van der Waals surface area contributed by atoms with Crippen molar-refractivity contribution in [2.45, 2.75) is 38.7 Å². The summed E-state index contributed by atoms with van der Waals surface area (Å²) in [6, 6.07) is 5.46. The molecule has 32 heavy (non-hydrogen) atoms. The van der Waals surface area contributed by atoms with Crippen LogP contribution in [0.4, 0.5) is 14.6 Å². The number of amides is 1. The summed E-state index contributed by atoms with van der Waals surface area (Å²) in [5, 5.41) is 14.1. The standard InChI is InChI=1S/C23H21F2N5O2/c1-3-19(31)17-6-12(2)15(11-27-17)18-7-13-10-28-20(29-22(32)16-9-23(16,24)25)8-14(13)21-26-4-5-30(18)21/h4-8,10-11,16,19,31H,3,9H2,1-2H3,(H,28,29,32)/t16-,19?/m1/s1. The Hall–Kier alpha value is -3.46. The van der Waals surface area contributed by atoms with Crippen molar-refractivity contribution in [3.8, 4) is 11.3 Å². The molecule has 164 valence electrons. The lowest BCUT2D eigenvalue weighted by Gasteiger charge is -2.14. The number of nitrogens with one attached hydrogen (secondary N) is 1. The Morgan fingerprint density at radius 2 is 2.06 bits per heavy atom. The number of alkyl halides is 2. The highest BCUT2D eigenvalue weighted by atomic mass is 19.3. The predicted octanol–water partition coefficient (Wildman–Crippen LogP) is 4.29. The van der Waals surface area contributed by atoms with E-state index >= 15 is 0 Å².